The molecule has 1 amide bonds. The highest BCUT2D eigenvalue weighted by Crippen LogP contribution is 2.30. The summed E-state index contributed by atoms with van der Waals surface area (Å²) >= 11 is 1.34. The number of methoxy groups -OCH3 is 1. The first-order chi connectivity index (χ1) is 14.8. The molecular weight excluding hydrogens is 438 g/mol. The first-order valence-electron chi connectivity index (χ1n) is 9.02. The van der Waals surface area contributed by atoms with Crippen molar-refractivity contribution in [3.8, 4) is 17.0 Å². The fourth-order valence-corrected chi connectivity index (χ4v) is 4.69. The maximum absolute atomic E-state index is 12.6. The van der Waals surface area contributed by atoms with Crippen molar-refractivity contribution in [2.75, 3.05) is 17.1 Å². The average Bonchev–Trinajstić information content (AvgIpc) is 3.14. The lowest BCUT2D eigenvalue weighted by Gasteiger charge is -2.08. The summed E-state index contributed by atoms with van der Waals surface area (Å²) in [5.41, 5.74) is 2.05. The van der Waals surface area contributed by atoms with Gasteiger partial charge in [-0.05, 0) is 42.5 Å². The number of hydrogen-bond donors (Lipinski definition) is 2. The zero-order chi connectivity index (χ0) is 22.0. The Balaban J connectivity index is 1.61. The Hall–Kier alpha value is -3.57. The highest BCUT2D eigenvalue weighted by Gasteiger charge is 2.16. The Morgan fingerprint density at radius 3 is 2.55 bits per heavy atom. The Morgan fingerprint density at radius 1 is 1.06 bits per heavy atom. The quantitative estimate of drug-likeness (QED) is 0.456. The van der Waals surface area contributed by atoms with E-state index in [-0.39, 0.29) is 16.8 Å². The fraction of sp³-hybridized carbons (Fsp3) is 0.100. The third-order valence-corrected chi connectivity index (χ3v) is 6.50. The molecule has 2 heterocycles. The smallest absolute Gasteiger partial charge is 0.264 e. The van der Waals surface area contributed by atoms with E-state index in [0.29, 0.717) is 16.6 Å². The van der Waals surface area contributed by atoms with Gasteiger partial charge < -0.3 is 10.1 Å². The van der Waals surface area contributed by atoms with Crippen molar-refractivity contribution in [3.63, 3.8) is 0 Å². The SMILES string of the molecule is COc1ccc(S(=O)(=O)Nc2nccc(-c3ccc4nc(NC(C)=O)sc4c3)n2)cc1. The third-order valence-electron chi connectivity index (χ3n) is 4.22. The minimum atomic E-state index is -3.86. The normalized spacial score (nSPS) is 11.3. The van der Waals surface area contributed by atoms with Crippen molar-refractivity contribution in [3.05, 3.63) is 54.7 Å². The number of nitrogens with one attached hydrogen (secondary N) is 2. The predicted octanol–water partition coefficient (Wildman–Crippen LogP) is 3.52. The van der Waals surface area contributed by atoms with Crippen molar-refractivity contribution in [2.45, 2.75) is 11.8 Å². The molecule has 2 aromatic carbocycles. The molecule has 0 aliphatic carbocycles. The average molecular weight is 456 g/mol. The van der Waals surface area contributed by atoms with Crippen LogP contribution in [0.25, 0.3) is 21.5 Å². The van der Waals surface area contributed by atoms with Crippen LogP contribution in [0.2, 0.25) is 0 Å². The number of nitrogens with zero attached hydrogens (tertiary/aromatic N) is 3. The molecule has 0 unspecified atom stereocenters. The minimum absolute atomic E-state index is 0.0448. The Morgan fingerprint density at radius 2 is 1.84 bits per heavy atom. The lowest BCUT2D eigenvalue weighted by Crippen LogP contribution is -2.15. The van der Waals surface area contributed by atoms with E-state index in [2.05, 4.69) is 25.0 Å². The standard InChI is InChI=1S/C20H17N5O4S2/c1-12(26)22-20-24-17-8-3-13(11-18(17)30-20)16-9-10-21-19(23-16)25-31(27,28)15-6-4-14(29-2)5-7-15/h3-11H,1-2H3,(H,21,23,25)(H,22,24,26). The largest absolute Gasteiger partial charge is 0.497 e. The summed E-state index contributed by atoms with van der Waals surface area (Å²) in [5, 5.41) is 3.18. The molecule has 0 radical (unpaired) electrons. The van der Waals surface area contributed by atoms with Gasteiger partial charge in [-0.3, -0.25) is 4.79 Å². The van der Waals surface area contributed by atoms with Crippen molar-refractivity contribution >= 4 is 48.6 Å². The predicted molar refractivity (Wildman–Crippen MR) is 119 cm³/mol. The molecule has 11 heteroatoms. The molecule has 4 aromatic rings. The van der Waals surface area contributed by atoms with Crippen LogP contribution in [0.15, 0.2) is 59.6 Å². The van der Waals surface area contributed by atoms with Gasteiger partial charge in [-0.15, -0.1) is 0 Å². The van der Waals surface area contributed by atoms with E-state index in [1.54, 1.807) is 18.2 Å². The van der Waals surface area contributed by atoms with Gasteiger partial charge in [0.15, 0.2) is 5.13 Å². The van der Waals surface area contributed by atoms with Crippen LogP contribution in [0.1, 0.15) is 6.92 Å². The monoisotopic (exact) mass is 455 g/mol. The van der Waals surface area contributed by atoms with Gasteiger partial charge in [0.1, 0.15) is 5.75 Å². The number of anilines is 2. The zero-order valence-electron chi connectivity index (χ0n) is 16.5. The molecule has 0 bridgehead atoms. The second-order valence-corrected chi connectivity index (χ2v) is 9.14. The van der Waals surface area contributed by atoms with Gasteiger partial charge in [0, 0.05) is 18.7 Å². The lowest BCUT2D eigenvalue weighted by molar-refractivity contribution is -0.114. The molecule has 0 atom stereocenters. The van der Waals surface area contributed by atoms with Crippen LogP contribution in [-0.4, -0.2) is 36.4 Å². The van der Waals surface area contributed by atoms with E-state index in [9.17, 15) is 13.2 Å². The van der Waals surface area contributed by atoms with Crippen LogP contribution in [0.3, 0.4) is 0 Å². The van der Waals surface area contributed by atoms with Crippen LogP contribution >= 0.6 is 11.3 Å². The summed E-state index contributed by atoms with van der Waals surface area (Å²) in [6.45, 7) is 1.42. The van der Waals surface area contributed by atoms with Crippen molar-refractivity contribution in [1.82, 2.24) is 15.0 Å². The minimum Gasteiger partial charge on any atom is -0.497 e. The molecule has 2 aromatic heterocycles. The first-order valence-corrected chi connectivity index (χ1v) is 11.3. The van der Waals surface area contributed by atoms with E-state index in [0.717, 1.165) is 15.8 Å². The van der Waals surface area contributed by atoms with E-state index in [1.807, 2.05) is 18.2 Å². The maximum atomic E-state index is 12.6. The molecule has 0 spiro atoms. The summed E-state index contributed by atoms with van der Waals surface area (Å²) in [4.78, 5) is 24.0. The third kappa shape index (κ3) is 4.62. The van der Waals surface area contributed by atoms with Gasteiger partial charge in [0.25, 0.3) is 10.0 Å². The Bertz CT molecular complexity index is 1370. The Kier molecular flexibility index (Phi) is 5.53. The summed E-state index contributed by atoms with van der Waals surface area (Å²) in [5.74, 6) is 0.317. The first kappa shape index (κ1) is 20.7. The van der Waals surface area contributed by atoms with Crippen molar-refractivity contribution in [1.29, 1.82) is 0 Å². The van der Waals surface area contributed by atoms with Crippen molar-refractivity contribution in [2.24, 2.45) is 0 Å². The van der Waals surface area contributed by atoms with Gasteiger partial charge in [-0.2, -0.15) is 0 Å². The number of amides is 1. The van der Waals surface area contributed by atoms with E-state index < -0.39 is 10.0 Å². The van der Waals surface area contributed by atoms with Crippen LogP contribution in [0.5, 0.6) is 5.75 Å². The molecule has 31 heavy (non-hydrogen) atoms. The van der Waals surface area contributed by atoms with Gasteiger partial charge in [0.2, 0.25) is 11.9 Å². The Labute approximate surface area is 182 Å². The van der Waals surface area contributed by atoms with Gasteiger partial charge in [-0.25, -0.2) is 28.1 Å². The molecule has 158 valence electrons. The van der Waals surface area contributed by atoms with Crippen LogP contribution in [0, 0.1) is 0 Å². The lowest BCUT2D eigenvalue weighted by atomic mass is 10.1. The topological polar surface area (TPSA) is 123 Å². The van der Waals surface area contributed by atoms with E-state index in [1.165, 1.54) is 43.7 Å². The highest BCUT2D eigenvalue weighted by molar-refractivity contribution is 7.92. The molecule has 4 rings (SSSR count). The van der Waals surface area contributed by atoms with E-state index in [4.69, 9.17) is 4.74 Å². The molecular formula is C20H17N5O4S2. The second kappa shape index (κ2) is 8.28. The summed E-state index contributed by atoms with van der Waals surface area (Å²) < 4.78 is 33.6. The number of carbonyl (C=O) groups excluding carboxylic acids is 1. The van der Waals surface area contributed by atoms with Crippen LogP contribution in [0.4, 0.5) is 11.1 Å². The van der Waals surface area contributed by atoms with E-state index >= 15 is 0 Å². The van der Waals surface area contributed by atoms with Crippen LogP contribution < -0.4 is 14.8 Å². The summed E-state index contributed by atoms with van der Waals surface area (Å²) in [6.07, 6.45) is 1.48. The number of ether oxygens (including phenoxy) is 1. The number of benzene rings is 2. The molecule has 0 aliphatic rings. The number of fused-ring (bicyclic) bond motifs is 1. The second-order valence-electron chi connectivity index (χ2n) is 6.43. The molecule has 0 saturated carbocycles. The fourth-order valence-electron chi connectivity index (χ4n) is 2.79. The van der Waals surface area contributed by atoms with Gasteiger partial charge in [0.05, 0.1) is 27.9 Å². The van der Waals surface area contributed by atoms with Gasteiger partial charge in [-0.1, -0.05) is 17.4 Å². The number of sulfonamides is 1. The number of rotatable bonds is 6. The number of thiazole rings is 1. The van der Waals surface area contributed by atoms with Crippen molar-refractivity contribution < 1.29 is 17.9 Å². The molecule has 9 nitrogen and oxygen atoms in total. The molecule has 0 fully saturated rings. The highest BCUT2D eigenvalue weighted by atomic mass is 32.2. The number of hydrogen-bond acceptors (Lipinski definition) is 8. The number of carbonyl (C=O) groups is 1. The van der Waals surface area contributed by atoms with Crippen LogP contribution in [-0.2, 0) is 14.8 Å². The summed E-state index contributed by atoms with van der Waals surface area (Å²) in [7, 11) is -2.35. The maximum Gasteiger partial charge on any atom is 0.264 e. The zero-order valence-corrected chi connectivity index (χ0v) is 18.1. The molecule has 0 saturated heterocycles. The summed E-state index contributed by atoms with van der Waals surface area (Å²) in [6, 6.07) is 13.2. The number of aromatic nitrogens is 3. The van der Waals surface area contributed by atoms with Gasteiger partial charge >= 0.3 is 0 Å². The molecule has 0 aliphatic heterocycles. The molecule has 2 N–H and O–H groups in total.